The van der Waals surface area contributed by atoms with Gasteiger partial charge in [0.2, 0.25) is 0 Å². The number of likely N-dealkylation sites (tertiary alicyclic amines) is 1. The number of rotatable bonds is 6. The second-order valence-corrected chi connectivity index (χ2v) is 9.21. The highest BCUT2D eigenvalue weighted by Gasteiger charge is 2.24. The van der Waals surface area contributed by atoms with Crippen molar-refractivity contribution in [3.63, 3.8) is 0 Å². The molecule has 2 heterocycles. The number of hydrogen-bond acceptors (Lipinski definition) is 3. The molecule has 0 bridgehead atoms. The molecule has 4 heteroatoms. The molecule has 3 aromatic rings. The van der Waals surface area contributed by atoms with E-state index < -0.39 is 0 Å². The summed E-state index contributed by atoms with van der Waals surface area (Å²) in [6.45, 7) is 6.34. The van der Waals surface area contributed by atoms with Gasteiger partial charge in [-0.05, 0) is 67.7 Å². The molecule has 0 N–H and O–H groups in total. The average molecular weight is 420 g/mol. The Labute approximate surface area is 183 Å². The molecule has 0 radical (unpaired) electrons. The SMILES string of the molecule is Cc1ccc(OCc2csc(C(=O)N3CCC(Cc4ccccc4)CC3)c2)c(C)c1. The van der Waals surface area contributed by atoms with Crippen molar-refractivity contribution in [3.05, 3.63) is 87.1 Å². The van der Waals surface area contributed by atoms with Crippen molar-refractivity contribution in [1.82, 2.24) is 4.90 Å². The summed E-state index contributed by atoms with van der Waals surface area (Å²) < 4.78 is 5.97. The first-order valence-electron chi connectivity index (χ1n) is 10.7. The summed E-state index contributed by atoms with van der Waals surface area (Å²) in [5.41, 5.74) is 4.83. The zero-order chi connectivity index (χ0) is 20.9. The van der Waals surface area contributed by atoms with Crippen molar-refractivity contribution in [1.29, 1.82) is 0 Å². The molecule has 1 saturated heterocycles. The quantitative estimate of drug-likeness (QED) is 0.487. The number of ether oxygens (including phenoxy) is 1. The highest BCUT2D eigenvalue weighted by molar-refractivity contribution is 7.12. The van der Waals surface area contributed by atoms with Crippen LogP contribution in [0, 0.1) is 19.8 Å². The van der Waals surface area contributed by atoms with Crippen molar-refractivity contribution >= 4 is 17.2 Å². The zero-order valence-electron chi connectivity index (χ0n) is 17.8. The summed E-state index contributed by atoms with van der Waals surface area (Å²) in [6, 6.07) is 18.9. The van der Waals surface area contributed by atoms with E-state index in [0.29, 0.717) is 12.5 Å². The molecule has 1 amide bonds. The molecule has 1 aliphatic heterocycles. The molecule has 0 aliphatic carbocycles. The Morgan fingerprint density at radius 2 is 1.80 bits per heavy atom. The lowest BCUT2D eigenvalue weighted by Crippen LogP contribution is -2.38. The summed E-state index contributed by atoms with van der Waals surface area (Å²) in [7, 11) is 0. The van der Waals surface area contributed by atoms with Crippen LogP contribution in [0.5, 0.6) is 5.75 Å². The Bertz CT molecular complexity index is 987. The zero-order valence-corrected chi connectivity index (χ0v) is 18.6. The van der Waals surface area contributed by atoms with Gasteiger partial charge in [-0.25, -0.2) is 0 Å². The van der Waals surface area contributed by atoms with Crippen LogP contribution in [0.15, 0.2) is 60.0 Å². The number of amides is 1. The number of benzene rings is 2. The molecule has 0 spiro atoms. The topological polar surface area (TPSA) is 29.5 Å². The fourth-order valence-electron chi connectivity index (χ4n) is 4.13. The molecule has 3 nitrogen and oxygen atoms in total. The third-order valence-electron chi connectivity index (χ3n) is 5.86. The van der Waals surface area contributed by atoms with Crippen molar-refractivity contribution in [2.75, 3.05) is 13.1 Å². The smallest absolute Gasteiger partial charge is 0.263 e. The first-order valence-corrected chi connectivity index (χ1v) is 11.6. The summed E-state index contributed by atoms with van der Waals surface area (Å²) in [4.78, 5) is 15.8. The average Bonchev–Trinajstić information content (AvgIpc) is 3.23. The van der Waals surface area contributed by atoms with Gasteiger partial charge in [0.25, 0.3) is 5.91 Å². The number of carbonyl (C=O) groups is 1. The Morgan fingerprint density at radius 1 is 1.03 bits per heavy atom. The molecular formula is C26H29NO2S. The molecule has 2 aromatic carbocycles. The number of carbonyl (C=O) groups excluding carboxylic acids is 1. The van der Waals surface area contributed by atoms with Gasteiger partial charge in [-0.1, -0.05) is 48.0 Å². The van der Waals surface area contributed by atoms with E-state index in [4.69, 9.17) is 4.74 Å². The Kier molecular flexibility index (Phi) is 6.53. The van der Waals surface area contributed by atoms with Gasteiger partial charge >= 0.3 is 0 Å². The molecule has 30 heavy (non-hydrogen) atoms. The van der Waals surface area contributed by atoms with Gasteiger partial charge < -0.3 is 9.64 Å². The predicted octanol–water partition coefficient (Wildman–Crippen LogP) is 6.04. The molecular weight excluding hydrogens is 390 g/mol. The van der Waals surface area contributed by atoms with Gasteiger partial charge in [0.1, 0.15) is 12.4 Å². The number of hydrogen-bond donors (Lipinski definition) is 0. The third-order valence-corrected chi connectivity index (χ3v) is 6.83. The van der Waals surface area contributed by atoms with Gasteiger partial charge in [0, 0.05) is 18.7 Å². The van der Waals surface area contributed by atoms with Crippen LogP contribution >= 0.6 is 11.3 Å². The van der Waals surface area contributed by atoms with Crippen molar-refractivity contribution in [2.24, 2.45) is 5.92 Å². The van der Waals surface area contributed by atoms with Crippen molar-refractivity contribution < 1.29 is 9.53 Å². The maximum absolute atomic E-state index is 12.9. The second kappa shape index (κ2) is 9.48. The second-order valence-electron chi connectivity index (χ2n) is 8.30. The van der Waals surface area contributed by atoms with Gasteiger partial charge in [-0.2, -0.15) is 0 Å². The largest absolute Gasteiger partial charge is 0.489 e. The van der Waals surface area contributed by atoms with Crippen LogP contribution in [0.1, 0.15) is 44.8 Å². The monoisotopic (exact) mass is 419 g/mol. The normalized spacial score (nSPS) is 14.7. The lowest BCUT2D eigenvalue weighted by molar-refractivity contribution is 0.0695. The molecule has 1 aromatic heterocycles. The third kappa shape index (κ3) is 5.11. The fraction of sp³-hybridized carbons (Fsp3) is 0.346. The standard InChI is InChI=1S/C26H29NO2S/c1-19-8-9-24(20(2)14-19)29-17-23-16-25(30-18-23)26(28)27-12-10-22(11-13-27)15-21-6-4-3-5-7-21/h3-9,14,16,18,22H,10-13,15,17H2,1-2H3. The van der Waals surface area contributed by atoms with E-state index in [1.54, 1.807) is 0 Å². The molecule has 1 aliphatic rings. The number of nitrogens with zero attached hydrogens (tertiary/aromatic N) is 1. The minimum atomic E-state index is 0.163. The van der Waals surface area contributed by atoms with Gasteiger partial charge in [0.15, 0.2) is 0 Å². The van der Waals surface area contributed by atoms with Crippen molar-refractivity contribution in [2.45, 2.75) is 39.7 Å². The first-order chi connectivity index (χ1) is 14.6. The van der Waals surface area contributed by atoms with Gasteiger partial charge in [-0.3, -0.25) is 4.79 Å². The molecule has 1 fully saturated rings. The maximum Gasteiger partial charge on any atom is 0.263 e. The van der Waals surface area contributed by atoms with E-state index >= 15 is 0 Å². The predicted molar refractivity (Wildman–Crippen MR) is 123 cm³/mol. The molecule has 0 atom stereocenters. The molecule has 0 saturated carbocycles. The van der Waals surface area contributed by atoms with E-state index in [1.807, 2.05) is 22.4 Å². The van der Waals surface area contributed by atoms with E-state index in [1.165, 1.54) is 22.5 Å². The van der Waals surface area contributed by atoms with Gasteiger partial charge in [-0.15, -0.1) is 11.3 Å². The minimum Gasteiger partial charge on any atom is -0.489 e. The Hall–Kier alpha value is -2.59. The van der Waals surface area contributed by atoms with E-state index in [0.717, 1.165) is 54.1 Å². The number of piperidine rings is 1. The molecule has 4 rings (SSSR count). The van der Waals surface area contributed by atoms with Crippen LogP contribution in [0.4, 0.5) is 0 Å². The molecule has 156 valence electrons. The van der Waals surface area contributed by atoms with E-state index in [2.05, 4.69) is 56.3 Å². The molecule has 0 unspecified atom stereocenters. The van der Waals surface area contributed by atoms with E-state index in [-0.39, 0.29) is 5.91 Å². The highest BCUT2D eigenvalue weighted by atomic mass is 32.1. The highest BCUT2D eigenvalue weighted by Crippen LogP contribution is 2.26. The first kappa shape index (κ1) is 20.7. The fourth-order valence-corrected chi connectivity index (χ4v) is 4.99. The van der Waals surface area contributed by atoms with Crippen LogP contribution in [0.2, 0.25) is 0 Å². The summed E-state index contributed by atoms with van der Waals surface area (Å²) in [5.74, 6) is 1.73. The lowest BCUT2D eigenvalue weighted by atomic mass is 9.90. The Morgan fingerprint density at radius 3 is 2.53 bits per heavy atom. The van der Waals surface area contributed by atoms with Crippen molar-refractivity contribution in [3.8, 4) is 5.75 Å². The van der Waals surface area contributed by atoms with Crippen LogP contribution in [0.25, 0.3) is 0 Å². The van der Waals surface area contributed by atoms with E-state index in [9.17, 15) is 4.79 Å². The minimum absolute atomic E-state index is 0.163. The van der Waals surface area contributed by atoms with Crippen LogP contribution < -0.4 is 4.74 Å². The number of thiophene rings is 1. The van der Waals surface area contributed by atoms with Crippen LogP contribution in [-0.2, 0) is 13.0 Å². The number of aryl methyl sites for hydroxylation is 2. The van der Waals surface area contributed by atoms with Gasteiger partial charge in [0.05, 0.1) is 4.88 Å². The maximum atomic E-state index is 12.9. The summed E-state index contributed by atoms with van der Waals surface area (Å²) >= 11 is 1.53. The van der Waals surface area contributed by atoms with Crippen LogP contribution in [-0.4, -0.2) is 23.9 Å². The van der Waals surface area contributed by atoms with Crippen LogP contribution in [0.3, 0.4) is 0 Å². The summed E-state index contributed by atoms with van der Waals surface area (Å²) in [5, 5.41) is 2.04. The lowest BCUT2D eigenvalue weighted by Gasteiger charge is -2.31. The summed E-state index contributed by atoms with van der Waals surface area (Å²) in [6.07, 6.45) is 3.27. The Balaban J connectivity index is 1.29.